The number of rotatable bonds is 8. The van der Waals surface area contributed by atoms with Gasteiger partial charge in [0.25, 0.3) is 10.1 Å². The highest BCUT2D eigenvalue weighted by Gasteiger charge is 2.41. The Labute approximate surface area is 236 Å². The van der Waals surface area contributed by atoms with E-state index in [1.54, 1.807) is 24.3 Å². The summed E-state index contributed by atoms with van der Waals surface area (Å²) in [5, 5.41) is 2.96. The molecular formula is C26H24ClF6N3O4S. The van der Waals surface area contributed by atoms with Crippen molar-refractivity contribution >= 4 is 39.1 Å². The molecule has 7 nitrogen and oxygen atoms in total. The summed E-state index contributed by atoms with van der Waals surface area (Å²) < 4.78 is 112. The molecule has 1 aromatic heterocycles. The third-order valence-electron chi connectivity index (χ3n) is 6.22. The maximum atomic E-state index is 13.7. The molecule has 0 saturated carbocycles. The summed E-state index contributed by atoms with van der Waals surface area (Å²) in [6.07, 6.45) is -8.98. The third-order valence-corrected chi connectivity index (χ3v) is 7.27. The van der Waals surface area contributed by atoms with Crippen LogP contribution in [0.4, 0.5) is 37.8 Å². The minimum atomic E-state index is -5.10. The van der Waals surface area contributed by atoms with E-state index in [0.717, 1.165) is 4.90 Å². The lowest BCUT2D eigenvalue weighted by atomic mass is 9.81. The Hall–Kier alpha value is -3.36. The molecule has 0 aliphatic rings. The largest absolute Gasteiger partial charge is 0.416 e. The Morgan fingerprint density at radius 2 is 1.49 bits per heavy atom. The first-order valence-corrected chi connectivity index (χ1v) is 13.7. The number of hydrogen-bond donors (Lipinski definition) is 2. The average Bonchev–Trinajstić information content (AvgIpc) is 2.86. The fourth-order valence-electron chi connectivity index (χ4n) is 3.98. The molecule has 3 rings (SSSR count). The second-order valence-corrected chi connectivity index (χ2v) is 11.5. The highest BCUT2D eigenvalue weighted by atomic mass is 35.5. The van der Waals surface area contributed by atoms with Crippen LogP contribution in [0.15, 0.2) is 54.7 Å². The van der Waals surface area contributed by atoms with Gasteiger partial charge in [0.2, 0.25) is 5.91 Å². The molecule has 0 spiro atoms. The molecule has 222 valence electrons. The summed E-state index contributed by atoms with van der Waals surface area (Å²) in [4.78, 5) is 18.9. The van der Waals surface area contributed by atoms with Gasteiger partial charge in [-0.25, -0.2) is 4.98 Å². The van der Waals surface area contributed by atoms with Crippen LogP contribution in [0.3, 0.4) is 0 Å². The van der Waals surface area contributed by atoms with Gasteiger partial charge in [-0.05, 0) is 49.7 Å². The fraction of sp³-hybridized carbons (Fsp3) is 0.308. The van der Waals surface area contributed by atoms with E-state index >= 15 is 0 Å². The molecule has 0 saturated heterocycles. The summed E-state index contributed by atoms with van der Waals surface area (Å²) >= 11 is 6.37. The monoisotopic (exact) mass is 623 g/mol. The van der Waals surface area contributed by atoms with Gasteiger partial charge in [0, 0.05) is 29.7 Å². The summed E-state index contributed by atoms with van der Waals surface area (Å²) in [7, 11) is -2.99. The molecule has 1 amide bonds. The number of aromatic nitrogens is 1. The van der Waals surface area contributed by atoms with E-state index in [4.69, 9.17) is 16.2 Å². The van der Waals surface area contributed by atoms with Gasteiger partial charge in [-0.1, -0.05) is 29.8 Å². The quantitative estimate of drug-likeness (QED) is 0.215. The second kappa shape index (κ2) is 11.5. The van der Waals surface area contributed by atoms with Gasteiger partial charge in [0.1, 0.15) is 5.82 Å². The predicted octanol–water partition coefficient (Wildman–Crippen LogP) is 6.68. The van der Waals surface area contributed by atoms with Crippen molar-refractivity contribution in [2.75, 3.05) is 29.6 Å². The van der Waals surface area contributed by atoms with E-state index < -0.39 is 56.2 Å². The predicted molar refractivity (Wildman–Crippen MR) is 142 cm³/mol. The van der Waals surface area contributed by atoms with Crippen molar-refractivity contribution in [3.63, 3.8) is 0 Å². The van der Waals surface area contributed by atoms with Gasteiger partial charge < -0.3 is 10.2 Å². The molecule has 3 aromatic rings. The van der Waals surface area contributed by atoms with Gasteiger partial charge >= 0.3 is 12.4 Å². The highest BCUT2D eigenvalue weighted by molar-refractivity contribution is 7.85. The minimum absolute atomic E-state index is 0.0129. The van der Waals surface area contributed by atoms with Crippen LogP contribution < -0.4 is 10.2 Å². The number of amides is 1. The van der Waals surface area contributed by atoms with E-state index in [0.29, 0.717) is 23.3 Å². The smallest absolute Gasteiger partial charge is 0.369 e. The topological polar surface area (TPSA) is 99.6 Å². The molecule has 0 aliphatic carbocycles. The Morgan fingerprint density at radius 1 is 0.951 bits per heavy atom. The number of halogens is 7. The molecular weight excluding hydrogens is 600 g/mol. The van der Waals surface area contributed by atoms with Gasteiger partial charge in [-0.2, -0.15) is 34.8 Å². The summed E-state index contributed by atoms with van der Waals surface area (Å²) in [5.74, 6) is -1.34. The Morgan fingerprint density at radius 3 is 2.00 bits per heavy atom. The summed E-state index contributed by atoms with van der Waals surface area (Å²) in [6.45, 7) is 2.19. The number of pyridine rings is 1. The maximum absolute atomic E-state index is 13.7. The Bertz CT molecular complexity index is 1530. The molecule has 15 heteroatoms. The molecule has 2 N–H and O–H groups in total. The lowest BCUT2D eigenvalue weighted by Gasteiger charge is -2.32. The van der Waals surface area contributed by atoms with Crippen LogP contribution in [0.5, 0.6) is 0 Å². The number of nitrogens with zero attached hydrogens (tertiary/aromatic N) is 2. The molecule has 0 atom stereocenters. The van der Waals surface area contributed by atoms with Gasteiger partial charge in [-0.3, -0.25) is 9.35 Å². The average molecular weight is 624 g/mol. The van der Waals surface area contributed by atoms with E-state index in [9.17, 15) is 39.6 Å². The van der Waals surface area contributed by atoms with Crippen molar-refractivity contribution in [2.24, 2.45) is 0 Å². The zero-order valence-electron chi connectivity index (χ0n) is 21.7. The van der Waals surface area contributed by atoms with E-state index in [-0.39, 0.29) is 29.1 Å². The number of anilines is 2. The first kappa shape index (κ1) is 32.2. The van der Waals surface area contributed by atoms with Crippen molar-refractivity contribution in [3.05, 3.63) is 76.4 Å². The summed E-state index contributed by atoms with van der Waals surface area (Å²) in [5.41, 5.74) is -4.67. The molecule has 1 heterocycles. The molecule has 0 radical (unpaired) electrons. The molecule has 0 aliphatic heterocycles. The van der Waals surface area contributed by atoms with Crippen molar-refractivity contribution in [1.82, 2.24) is 4.98 Å². The van der Waals surface area contributed by atoms with E-state index in [1.807, 2.05) is 0 Å². The number of nitrogens with one attached hydrogen (secondary N) is 1. The SMILES string of the molecule is CN(C(=O)C(C)(C)c1cc(C(F)(F)F)cc(C(F)(F)F)c1)c1cnc(NCCS(=O)(=O)O)cc1-c1ccccc1Cl. The first-order valence-electron chi connectivity index (χ1n) is 11.7. The molecule has 0 bridgehead atoms. The third kappa shape index (κ3) is 7.68. The zero-order chi connectivity index (χ0) is 31.0. The van der Waals surface area contributed by atoms with Crippen LogP contribution in [0, 0.1) is 0 Å². The van der Waals surface area contributed by atoms with Gasteiger partial charge in [-0.15, -0.1) is 0 Å². The number of benzene rings is 2. The number of alkyl halides is 6. The van der Waals surface area contributed by atoms with Crippen LogP contribution in [-0.2, 0) is 32.7 Å². The second-order valence-electron chi connectivity index (χ2n) is 9.56. The highest BCUT2D eigenvalue weighted by Crippen LogP contribution is 2.41. The summed E-state index contributed by atoms with van der Waals surface area (Å²) in [6, 6.07) is 8.89. The molecule has 41 heavy (non-hydrogen) atoms. The maximum Gasteiger partial charge on any atom is 0.416 e. The lowest BCUT2D eigenvalue weighted by molar-refractivity contribution is -0.143. The van der Waals surface area contributed by atoms with Crippen LogP contribution in [0.2, 0.25) is 5.02 Å². The van der Waals surface area contributed by atoms with E-state index in [2.05, 4.69) is 10.3 Å². The Balaban J connectivity index is 2.10. The molecule has 0 unspecified atom stereocenters. The van der Waals surface area contributed by atoms with Gasteiger partial charge in [0.15, 0.2) is 0 Å². The molecule has 2 aromatic carbocycles. The van der Waals surface area contributed by atoms with E-state index in [1.165, 1.54) is 33.2 Å². The van der Waals surface area contributed by atoms with Crippen LogP contribution in [0.25, 0.3) is 11.1 Å². The van der Waals surface area contributed by atoms with Crippen molar-refractivity contribution in [1.29, 1.82) is 0 Å². The van der Waals surface area contributed by atoms with Crippen LogP contribution in [0.1, 0.15) is 30.5 Å². The lowest BCUT2D eigenvalue weighted by Crippen LogP contribution is -2.42. The number of carbonyl (C=O) groups is 1. The van der Waals surface area contributed by atoms with Crippen molar-refractivity contribution < 1.29 is 44.1 Å². The fourth-order valence-corrected chi connectivity index (χ4v) is 4.58. The number of likely N-dealkylation sites (N-methyl/N-ethyl adjacent to an activating group) is 1. The zero-order valence-corrected chi connectivity index (χ0v) is 23.3. The minimum Gasteiger partial charge on any atom is -0.369 e. The normalized spacial score (nSPS) is 12.8. The standard InChI is InChI=1S/C26H24ClF6N3O4S/c1-24(2,15-10-16(25(28,29)30)12-17(11-15)26(31,32)33)23(37)36(3)21-14-35-22(34-8-9-41(38,39)40)13-19(21)18-6-4-5-7-20(18)27/h4-7,10-14H,8-9H2,1-3H3,(H,34,35)(H,38,39,40). The Kier molecular flexibility index (Phi) is 9.01. The first-order chi connectivity index (χ1) is 18.7. The van der Waals surface area contributed by atoms with Crippen LogP contribution in [-0.4, -0.2) is 43.2 Å². The van der Waals surface area contributed by atoms with Crippen LogP contribution >= 0.6 is 11.6 Å². The van der Waals surface area contributed by atoms with Gasteiger partial charge in [0.05, 0.1) is 34.2 Å². The number of carbonyl (C=O) groups excluding carboxylic acids is 1. The molecule has 0 fully saturated rings. The van der Waals surface area contributed by atoms with Crippen molar-refractivity contribution in [2.45, 2.75) is 31.6 Å². The van der Waals surface area contributed by atoms with Crippen molar-refractivity contribution in [3.8, 4) is 11.1 Å². The number of hydrogen-bond acceptors (Lipinski definition) is 5.